The molecule has 3 nitrogen and oxygen atoms in total. The lowest BCUT2D eigenvalue weighted by molar-refractivity contribution is 0.0326. The van der Waals surface area contributed by atoms with E-state index in [9.17, 15) is 9.90 Å². The maximum atomic E-state index is 11.8. The Bertz CT molecular complexity index is 523. The van der Waals surface area contributed by atoms with Crippen LogP contribution >= 0.6 is 0 Å². The zero-order valence-corrected chi connectivity index (χ0v) is 14.5. The van der Waals surface area contributed by atoms with Crippen molar-refractivity contribution in [3.8, 4) is 0 Å². The van der Waals surface area contributed by atoms with Crippen molar-refractivity contribution in [2.24, 2.45) is 0 Å². The molecular weight excluding hydrogens is 300 g/mol. The molecule has 0 spiro atoms. The summed E-state index contributed by atoms with van der Waals surface area (Å²) >= 11 is 0. The number of aliphatic hydroxyl groups is 1. The maximum absolute atomic E-state index is 11.8. The highest BCUT2D eigenvalue weighted by atomic mass is 16.3. The summed E-state index contributed by atoms with van der Waals surface area (Å²) in [5, 5.41) is 19.8. The second-order valence-electron chi connectivity index (χ2n) is 5.91. The molecule has 0 aliphatic carbocycles. The number of unbranched alkanes of at least 4 members (excludes halogenated alkanes) is 1. The van der Waals surface area contributed by atoms with Crippen molar-refractivity contribution in [2.45, 2.75) is 51.7 Å². The van der Waals surface area contributed by atoms with E-state index < -0.39 is 12.2 Å². The topological polar surface area (TPSA) is 57.2 Å². The number of hydrogen-bond donors (Lipinski definition) is 1. The van der Waals surface area contributed by atoms with Gasteiger partial charge in [-0.1, -0.05) is 80.4 Å². The molecule has 0 saturated heterocycles. The van der Waals surface area contributed by atoms with Crippen LogP contribution in [0.5, 0.6) is 0 Å². The molecule has 2 rings (SSSR count). The first-order valence-corrected chi connectivity index (χ1v) is 8.53. The molecule has 0 amide bonds. The molecule has 0 aliphatic heterocycles. The number of hydrogen-bond acceptors (Lipinski definition) is 2. The fourth-order valence-corrected chi connectivity index (χ4v) is 2.28. The van der Waals surface area contributed by atoms with Gasteiger partial charge in [0, 0.05) is 17.5 Å². The molecule has 0 aliphatic rings. The van der Waals surface area contributed by atoms with E-state index in [-0.39, 0.29) is 5.78 Å². The lowest BCUT2D eigenvalue weighted by atomic mass is 10.0. The van der Waals surface area contributed by atoms with E-state index in [0.717, 1.165) is 24.0 Å². The van der Waals surface area contributed by atoms with E-state index in [1.54, 1.807) is 6.92 Å². The van der Waals surface area contributed by atoms with E-state index in [2.05, 4.69) is 6.92 Å². The van der Waals surface area contributed by atoms with Gasteiger partial charge in [0.15, 0.2) is 5.78 Å². The van der Waals surface area contributed by atoms with E-state index in [1.165, 1.54) is 0 Å². The monoisotopic (exact) mass is 327 g/mol. The van der Waals surface area contributed by atoms with Crippen LogP contribution < -0.4 is 0 Å². The van der Waals surface area contributed by atoms with Crippen molar-refractivity contribution < 1.29 is 15.0 Å². The van der Waals surface area contributed by atoms with Crippen molar-refractivity contribution in [1.82, 2.24) is 0 Å². The predicted molar refractivity (Wildman–Crippen MR) is 96.6 cm³/mol. The standard InChI is InChI=1S/C13H10O.C8H17O2/c14-13(11-7-3-1-4-8-11)12-9-5-2-6-10-12;1-3-4-5-8(10)6-7(2)9/h1-10H;7-9H,3-6H2,1-2H3. The Hall–Kier alpha value is -1.97. The Morgan fingerprint density at radius 3 is 1.79 bits per heavy atom. The molecule has 129 valence electrons. The zero-order chi connectivity index (χ0) is 17.8. The van der Waals surface area contributed by atoms with Crippen LogP contribution in [0.4, 0.5) is 0 Å². The highest BCUT2D eigenvalue weighted by molar-refractivity contribution is 6.08. The number of carbonyl (C=O) groups is 1. The molecule has 2 unspecified atom stereocenters. The van der Waals surface area contributed by atoms with Gasteiger partial charge in [-0.3, -0.25) is 4.79 Å². The number of rotatable bonds is 7. The highest BCUT2D eigenvalue weighted by Crippen LogP contribution is 2.08. The Morgan fingerprint density at radius 2 is 1.42 bits per heavy atom. The summed E-state index contributed by atoms with van der Waals surface area (Å²) in [5.41, 5.74) is 1.47. The van der Waals surface area contributed by atoms with Gasteiger partial charge >= 0.3 is 0 Å². The normalized spacial score (nSPS) is 12.7. The molecule has 0 bridgehead atoms. The summed E-state index contributed by atoms with van der Waals surface area (Å²) < 4.78 is 0. The highest BCUT2D eigenvalue weighted by Gasteiger charge is 2.08. The fraction of sp³-hybridized carbons (Fsp3) is 0.381. The van der Waals surface area contributed by atoms with Gasteiger partial charge < -0.3 is 5.11 Å². The lowest BCUT2D eigenvalue weighted by Gasteiger charge is -2.08. The number of carbonyl (C=O) groups excluding carboxylic acids is 1. The predicted octanol–water partition coefficient (Wildman–Crippen LogP) is 4.66. The van der Waals surface area contributed by atoms with Crippen LogP contribution in [-0.4, -0.2) is 23.1 Å². The van der Waals surface area contributed by atoms with Crippen molar-refractivity contribution in [3.63, 3.8) is 0 Å². The van der Waals surface area contributed by atoms with Gasteiger partial charge in [-0.15, -0.1) is 0 Å². The summed E-state index contributed by atoms with van der Waals surface area (Å²) in [6, 6.07) is 18.6. The number of ketones is 1. The SMILES string of the molecule is CCCCC([O])CC(C)O.O=C(c1ccccc1)c1ccccc1. The molecule has 2 aromatic rings. The minimum atomic E-state index is -0.556. The Kier molecular flexibility index (Phi) is 9.66. The first kappa shape index (κ1) is 20.1. The van der Waals surface area contributed by atoms with E-state index in [0.29, 0.717) is 12.8 Å². The third-order valence-electron chi connectivity index (χ3n) is 3.56. The van der Waals surface area contributed by atoms with Crippen molar-refractivity contribution in [3.05, 3.63) is 71.8 Å². The van der Waals surface area contributed by atoms with Crippen LogP contribution in [0.2, 0.25) is 0 Å². The van der Waals surface area contributed by atoms with Crippen LogP contribution in [0.25, 0.3) is 0 Å². The molecule has 0 aromatic heterocycles. The smallest absolute Gasteiger partial charge is 0.193 e. The van der Waals surface area contributed by atoms with Crippen molar-refractivity contribution in [1.29, 1.82) is 0 Å². The average Bonchev–Trinajstić information content (AvgIpc) is 2.61. The van der Waals surface area contributed by atoms with E-state index in [4.69, 9.17) is 5.11 Å². The summed E-state index contributed by atoms with van der Waals surface area (Å²) in [7, 11) is 0. The molecule has 1 radical (unpaired) electrons. The first-order chi connectivity index (χ1) is 11.5. The zero-order valence-electron chi connectivity index (χ0n) is 14.5. The van der Waals surface area contributed by atoms with Crippen LogP contribution in [0.15, 0.2) is 60.7 Å². The summed E-state index contributed by atoms with van der Waals surface area (Å²) in [6.07, 6.45) is 2.18. The van der Waals surface area contributed by atoms with Gasteiger partial charge in [-0.05, 0) is 13.3 Å². The summed E-state index contributed by atoms with van der Waals surface area (Å²) in [5.74, 6) is 0.0752. The molecule has 0 saturated carbocycles. The fourth-order valence-electron chi connectivity index (χ4n) is 2.28. The second kappa shape index (κ2) is 11.5. The van der Waals surface area contributed by atoms with Crippen LogP contribution in [-0.2, 0) is 5.11 Å². The molecule has 1 N–H and O–H groups in total. The van der Waals surface area contributed by atoms with Crippen molar-refractivity contribution >= 4 is 5.78 Å². The molecular formula is C21H27O3. The van der Waals surface area contributed by atoms with Gasteiger partial charge in [0.05, 0.1) is 12.2 Å². The second-order valence-corrected chi connectivity index (χ2v) is 5.91. The average molecular weight is 327 g/mol. The van der Waals surface area contributed by atoms with E-state index in [1.807, 2.05) is 60.7 Å². The van der Waals surface area contributed by atoms with Crippen LogP contribution in [0.1, 0.15) is 55.5 Å². The lowest BCUT2D eigenvalue weighted by Crippen LogP contribution is -2.13. The number of benzene rings is 2. The summed E-state index contributed by atoms with van der Waals surface area (Å²) in [4.78, 5) is 11.8. The molecule has 3 heteroatoms. The third kappa shape index (κ3) is 8.04. The molecule has 2 aromatic carbocycles. The summed E-state index contributed by atoms with van der Waals surface area (Å²) in [6.45, 7) is 3.73. The minimum Gasteiger partial charge on any atom is -0.393 e. The van der Waals surface area contributed by atoms with Gasteiger partial charge in [-0.25, -0.2) is 5.11 Å². The van der Waals surface area contributed by atoms with Gasteiger partial charge in [0.2, 0.25) is 0 Å². The third-order valence-corrected chi connectivity index (χ3v) is 3.56. The minimum absolute atomic E-state index is 0.0752. The molecule has 0 heterocycles. The van der Waals surface area contributed by atoms with Gasteiger partial charge in [0.1, 0.15) is 0 Å². The number of aliphatic hydroxyl groups excluding tert-OH is 1. The first-order valence-electron chi connectivity index (χ1n) is 8.53. The Morgan fingerprint density at radius 1 is 0.958 bits per heavy atom. The Balaban J connectivity index is 0.000000257. The maximum Gasteiger partial charge on any atom is 0.193 e. The van der Waals surface area contributed by atoms with Crippen LogP contribution in [0, 0.1) is 0 Å². The molecule has 0 fully saturated rings. The van der Waals surface area contributed by atoms with Gasteiger partial charge in [0.25, 0.3) is 0 Å². The quantitative estimate of drug-likeness (QED) is 0.752. The largest absolute Gasteiger partial charge is 0.393 e. The molecule has 24 heavy (non-hydrogen) atoms. The van der Waals surface area contributed by atoms with Crippen molar-refractivity contribution in [2.75, 3.05) is 0 Å². The van der Waals surface area contributed by atoms with E-state index >= 15 is 0 Å². The van der Waals surface area contributed by atoms with Gasteiger partial charge in [-0.2, -0.15) is 0 Å². The molecule has 2 atom stereocenters. The van der Waals surface area contributed by atoms with Crippen LogP contribution in [0.3, 0.4) is 0 Å². The Labute approximate surface area is 145 Å².